The first-order valence-electron chi connectivity index (χ1n) is 2.99. The lowest BCUT2D eigenvalue weighted by atomic mass is 10.2. The van der Waals surface area contributed by atoms with E-state index in [4.69, 9.17) is 0 Å². The lowest BCUT2D eigenvalue weighted by Gasteiger charge is -1.89. The number of carbonyl (C=O) groups excluding carboxylic acids is 2. The van der Waals surface area contributed by atoms with Crippen molar-refractivity contribution in [1.29, 1.82) is 0 Å². The maximum Gasteiger partial charge on any atom is 0.385 e. The third kappa shape index (κ3) is 0.724. The molecule has 4 heteroatoms. The van der Waals surface area contributed by atoms with Gasteiger partial charge in [0.25, 0.3) is 5.78 Å². The Morgan fingerprint density at radius 2 is 2.18 bits per heavy atom. The standard InChI is InChI=1S/C7H3NO3/c9-6-4-3-8-2-1-5(4)11-7(6)10/h1-3H. The Labute approximate surface area is 61.8 Å². The monoisotopic (exact) mass is 149 g/mol. The Kier molecular flexibility index (Phi) is 1.03. The molecule has 1 aromatic heterocycles. The number of carbonyl (C=O) groups is 2. The summed E-state index contributed by atoms with van der Waals surface area (Å²) in [5.41, 5.74) is 0.248. The molecule has 1 aromatic rings. The van der Waals surface area contributed by atoms with Crippen LogP contribution >= 0.6 is 0 Å². The molecular weight excluding hydrogens is 146 g/mol. The molecule has 4 nitrogen and oxygen atoms in total. The number of pyridine rings is 1. The number of ketones is 1. The summed E-state index contributed by atoms with van der Waals surface area (Å²) in [5.74, 6) is -1.14. The highest BCUT2D eigenvalue weighted by molar-refractivity contribution is 6.44. The van der Waals surface area contributed by atoms with E-state index in [2.05, 4.69) is 9.72 Å². The number of nitrogens with zero attached hydrogens (tertiary/aromatic N) is 1. The molecule has 54 valence electrons. The molecule has 1 aliphatic rings. The smallest absolute Gasteiger partial charge is 0.385 e. The van der Waals surface area contributed by atoms with E-state index in [0.717, 1.165) is 0 Å². The average Bonchev–Trinajstić information content (AvgIpc) is 2.30. The van der Waals surface area contributed by atoms with Crippen molar-refractivity contribution < 1.29 is 14.3 Å². The lowest BCUT2D eigenvalue weighted by molar-refractivity contribution is -0.128. The zero-order valence-corrected chi connectivity index (χ0v) is 5.40. The second-order valence-electron chi connectivity index (χ2n) is 2.09. The van der Waals surface area contributed by atoms with Gasteiger partial charge in [0, 0.05) is 18.5 Å². The van der Waals surface area contributed by atoms with Gasteiger partial charge in [-0.3, -0.25) is 9.78 Å². The maximum atomic E-state index is 10.9. The Morgan fingerprint density at radius 3 is 2.91 bits per heavy atom. The summed E-state index contributed by atoms with van der Waals surface area (Å²) in [6.45, 7) is 0. The topological polar surface area (TPSA) is 56.3 Å². The fourth-order valence-electron chi connectivity index (χ4n) is 0.897. The van der Waals surface area contributed by atoms with Crippen molar-refractivity contribution in [3.63, 3.8) is 0 Å². The molecule has 0 aliphatic carbocycles. The van der Waals surface area contributed by atoms with Gasteiger partial charge in [-0.15, -0.1) is 0 Å². The summed E-state index contributed by atoms with van der Waals surface area (Å²) in [6.07, 6.45) is 2.78. The van der Waals surface area contributed by atoms with E-state index in [0.29, 0.717) is 5.75 Å². The van der Waals surface area contributed by atoms with Crippen LogP contribution in [0.3, 0.4) is 0 Å². The maximum absolute atomic E-state index is 10.9. The molecule has 1 aliphatic heterocycles. The fourth-order valence-corrected chi connectivity index (χ4v) is 0.897. The van der Waals surface area contributed by atoms with Gasteiger partial charge in [0.05, 0.1) is 5.56 Å². The van der Waals surface area contributed by atoms with Crippen LogP contribution in [0.15, 0.2) is 18.5 Å². The van der Waals surface area contributed by atoms with Crippen molar-refractivity contribution in [3.8, 4) is 5.75 Å². The van der Waals surface area contributed by atoms with Crippen molar-refractivity contribution in [2.45, 2.75) is 0 Å². The predicted octanol–water partition coefficient (Wildman–Crippen LogP) is 0.183. The first-order valence-corrected chi connectivity index (χ1v) is 2.99. The number of ether oxygens (including phenoxy) is 1. The number of Topliss-reactive ketones (excluding diaryl/α,β-unsaturated/α-hetero) is 1. The zero-order valence-electron chi connectivity index (χ0n) is 5.40. The number of esters is 1. The van der Waals surface area contributed by atoms with E-state index in [9.17, 15) is 9.59 Å². The third-order valence-corrected chi connectivity index (χ3v) is 1.41. The fraction of sp³-hybridized carbons (Fsp3) is 0. The van der Waals surface area contributed by atoms with Gasteiger partial charge in [-0.2, -0.15) is 0 Å². The number of hydrogen-bond donors (Lipinski definition) is 0. The van der Waals surface area contributed by atoms with E-state index >= 15 is 0 Å². The lowest BCUT2D eigenvalue weighted by Crippen LogP contribution is -2.10. The first kappa shape index (κ1) is 6.03. The summed E-state index contributed by atoms with van der Waals surface area (Å²) in [4.78, 5) is 25.2. The summed E-state index contributed by atoms with van der Waals surface area (Å²) in [7, 11) is 0. The molecule has 0 amide bonds. The Balaban J connectivity index is 2.64. The number of aromatic nitrogens is 1. The van der Waals surface area contributed by atoms with Crippen LogP contribution in [0.2, 0.25) is 0 Å². The molecule has 0 N–H and O–H groups in total. The second kappa shape index (κ2) is 1.88. The number of fused-ring (bicyclic) bond motifs is 1. The highest BCUT2D eigenvalue weighted by atomic mass is 16.5. The molecule has 2 heterocycles. The molecule has 0 unspecified atom stereocenters. The minimum absolute atomic E-state index is 0.248. The summed E-state index contributed by atoms with van der Waals surface area (Å²) >= 11 is 0. The van der Waals surface area contributed by atoms with Crippen LogP contribution in [0.4, 0.5) is 0 Å². The summed E-state index contributed by atoms with van der Waals surface area (Å²) < 4.78 is 4.59. The second-order valence-corrected chi connectivity index (χ2v) is 2.09. The molecule has 0 saturated heterocycles. The van der Waals surface area contributed by atoms with E-state index in [1.165, 1.54) is 18.5 Å². The third-order valence-electron chi connectivity index (χ3n) is 1.41. The average molecular weight is 149 g/mol. The van der Waals surface area contributed by atoms with Crippen LogP contribution in [0, 0.1) is 0 Å². The van der Waals surface area contributed by atoms with Crippen molar-refractivity contribution in [3.05, 3.63) is 24.0 Å². The van der Waals surface area contributed by atoms with Crippen LogP contribution in [0.25, 0.3) is 0 Å². The Morgan fingerprint density at radius 1 is 1.36 bits per heavy atom. The SMILES string of the molecule is O=C1Oc2ccncc2C1=O. The number of hydrogen-bond acceptors (Lipinski definition) is 4. The first-order chi connectivity index (χ1) is 5.29. The molecule has 11 heavy (non-hydrogen) atoms. The van der Waals surface area contributed by atoms with Crippen LogP contribution in [-0.2, 0) is 4.79 Å². The zero-order chi connectivity index (χ0) is 7.84. The van der Waals surface area contributed by atoms with Crippen molar-refractivity contribution >= 4 is 11.8 Å². The molecule has 0 bridgehead atoms. The number of rotatable bonds is 0. The van der Waals surface area contributed by atoms with Gasteiger partial charge in [0.15, 0.2) is 0 Å². The van der Waals surface area contributed by atoms with Crippen molar-refractivity contribution in [2.75, 3.05) is 0 Å². The molecule has 0 atom stereocenters. The van der Waals surface area contributed by atoms with E-state index < -0.39 is 11.8 Å². The van der Waals surface area contributed by atoms with Crippen LogP contribution < -0.4 is 4.74 Å². The van der Waals surface area contributed by atoms with Gasteiger partial charge in [-0.25, -0.2) is 4.79 Å². The molecule has 0 fully saturated rings. The molecular formula is C7H3NO3. The van der Waals surface area contributed by atoms with Gasteiger partial charge in [-0.05, 0) is 0 Å². The van der Waals surface area contributed by atoms with Crippen LogP contribution in [-0.4, -0.2) is 16.7 Å². The van der Waals surface area contributed by atoms with Gasteiger partial charge < -0.3 is 4.74 Å². The summed E-state index contributed by atoms with van der Waals surface area (Å²) in [6, 6.07) is 1.48. The highest BCUT2D eigenvalue weighted by Crippen LogP contribution is 2.23. The van der Waals surface area contributed by atoms with Crippen LogP contribution in [0.1, 0.15) is 10.4 Å². The van der Waals surface area contributed by atoms with Gasteiger partial charge >= 0.3 is 5.97 Å². The van der Waals surface area contributed by atoms with Crippen molar-refractivity contribution in [2.24, 2.45) is 0 Å². The molecule has 0 radical (unpaired) electrons. The Bertz CT molecular complexity index is 345. The van der Waals surface area contributed by atoms with E-state index in [-0.39, 0.29) is 5.56 Å². The minimum Gasteiger partial charge on any atom is -0.420 e. The predicted molar refractivity (Wildman–Crippen MR) is 34.2 cm³/mol. The quantitative estimate of drug-likeness (QED) is 0.390. The van der Waals surface area contributed by atoms with Gasteiger partial charge in [0.2, 0.25) is 0 Å². The van der Waals surface area contributed by atoms with Crippen molar-refractivity contribution in [1.82, 2.24) is 4.98 Å². The van der Waals surface area contributed by atoms with E-state index in [1.54, 1.807) is 0 Å². The Hall–Kier alpha value is -1.71. The molecule has 0 spiro atoms. The van der Waals surface area contributed by atoms with Gasteiger partial charge in [-0.1, -0.05) is 0 Å². The van der Waals surface area contributed by atoms with Gasteiger partial charge in [0.1, 0.15) is 5.75 Å². The largest absolute Gasteiger partial charge is 0.420 e. The molecule has 2 rings (SSSR count). The molecule has 0 saturated carbocycles. The summed E-state index contributed by atoms with van der Waals surface area (Å²) in [5, 5.41) is 0. The highest BCUT2D eigenvalue weighted by Gasteiger charge is 2.30. The minimum atomic E-state index is -0.826. The van der Waals surface area contributed by atoms with E-state index in [1.807, 2.05) is 0 Å². The molecule has 0 aromatic carbocycles. The van der Waals surface area contributed by atoms with Crippen LogP contribution in [0.5, 0.6) is 5.75 Å². The normalized spacial score (nSPS) is 14.5.